The van der Waals surface area contributed by atoms with E-state index in [9.17, 15) is 8.42 Å². The minimum atomic E-state index is -3.45. The van der Waals surface area contributed by atoms with Gasteiger partial charge in [-0.3, -0.25) is 0 Å². The van der Waals surface area contributed by atoms with E-state index in [1.54, 1.807) is 19.2 Å². The summed E-state index contributed by atoms with van der Waals surface area (Å²) in [5.41, 5.74) is 5.87. The zero-order valence-corrected chi connectivity index (χ0v) is 15.1. The quantitative estimate of drug-likeness (QED) is 0.851. The Morgan fingerprint density at radius 1 is 1.38 bits per heavy atom. The van der Waals surface area contributed by atoms with Gasteiger partial charge in [-0.25, -0.2) is 8.42 Å². The molecule has 1 fully saturated rings. The lowest BCUT2D eigenvalue weighted by Gasteiger charge is -2.37. The molecule has 0 bridgehead atoms. The van der Waals surface area contributed by atoms with E-state index in [1.807, 2.05) is 0 Å². The molecule has 1 heterocycles. The van der Waals surface area contributed by atoms with Gasteiger partial charge in [-0.1, -0.05) is 26.1 Å². The Balaban J connectivity index is 2.17. The largest absolute Gasteiger partial charge is 0.389 e. The van der Waals surface area contributed by atoms with Crippen molar-refractivity contribution in [2.24, 2.45) is 11.1 Å². The summed E-state index contributed by atoms with van der Waals surface area (Å²) in [4.78, 5) is 0.880. The van der Waals surface area contributed by atoms with Gasteiger partial charge in [0.1, 0.15) is 9.20 Å². The minimum Gasteiger partial charge on any atom is -0.389 e. The Labute approximate surface area is 136 Å². The number of hydrogen-bond donors (Lipinski definition) is 1. The van der Waals surface area contributed by atoms with E-state index in [2.05, 4.69) is 13.8 Å². The first-order valence-electron chi connectivity index (χ1n) is 7.01. The molecule has 4 nitrogen and oxygen atoms in total. The summed E-state index contributed by atoms with van der Waals surface area (Å²) in [6.07, 6.45) is 3.94. The molecule has 118 valence electrons. The molecule has 7 heteroatoms. The van der Waals surface area contributed by atoms with Crippen LogP contribution in [-0.4, -0.2) is 30.8 Å². The van der Waals surface area contributed by atoms with Gasteiger partial charge in [0.15, 0.2) is 0 Å². The van der Waals surface area contributed by atoms with Crippen LogP contribution in [0.1, 0.15) is 44.4 Å². The highest BCUT2D eigenvalue weighted by Gasteiger charge is 2.34. The van der Waals surface area contributed by atoms with Crippen molar-refractivity contribution in [1.82, 2.24) is 4.31 Å². The molecule has 1 aromatic heterocycles. The zero-order chi connectivity index (χ0) is 15.8. The standard InChI is InChI=1S/C14H22N2O2S3/c1-14(2)8-6-10(7-9-14)16(3)21(17,18)12-5-4-11(20-12)13(15)19/h4-5,10H,6-9H2,1-3H3,(H2,15,19). The first-order chi connectivity index (χ1) is 9.63. The van der Waals surface area contributed by atoms with Crippen molar-refractivity contribution in [3.8, 4) is 0 Å². The van der Waals surface area contributed by atoms with Crippen molar-refractivity contribution >= 4 is 38.6 Å². The lowest BCUT2D eigenvalue weighted by Crippen LogP contribution is -2.40. The molecule has 1 aromatic rings. The van der Waals surface area contributed by atoms with Gasteiger partial charge in [0.05, 0.1) is 4.88 Å². The third-order valence-electron chi connectivity index (χ3n) is 4.28. The Bertz CT molecular complexity index is 624. The fourth-order valence-corrected chi connectivity index (χ4v) is 5.63. The van der Waals surface area contributed by atoms with E-state index in [0.717, 1.165) is 37.0 Å². The summed E-state index contributed by atoms with van der Waals surface area (Å²) in [5.74, 6) is 0. The van der Waals surface area contributed by atoms with E-state index in [1.165, 1.54) is 4.31 Å². The van der Waals surface area contributed by atoms with Gasteiger partial charge in [-0.15, -0.1) is 11.3 Å². The average molecular weight is 347 g/mol. The van der Waals surface area contributed by atoms with Crippen molar-refractivity contribution in [1.29, 1.82) is 0 Å². The second kappa shape index (κ2) is 5.95. The van der Waals surface area contributed by atoms with Crippen LogP contribution in [0.5, 0.6) is 0 Å². The third-order valence-corrected chi connectivity index (χ3v) is 8.13. The Morgan fingerprint density at radius 2 is 1.95 bits per heavy atom. The fourth-order valence-electron chi connectivity index (χ4n) is 2.68. The summed E-state index contributed by atoms with van der Waals surface area (Å²) in [7, 11) is -1.77. The molecule has 1 aliphatic carbocycles. The van der Waals surface area contributed by atoms with Crippen LogP contribution >= 0.6 is 23.6 Å². The van der Waals surface area contributed by atoms with Gasteiger partial charge in [-0.05, 0) is 43.2 Å². The minimum absolute atomic E-state index is 0.0819. The van der Waals surface area contributed by atoms with Crippen molar-refractivity contribution in [3.63, 3.8) is 0 Å². The fraction of sp³-hybridized carbons (Fsp3) is 0.643. The SMILES string of the molecule is CN(C1CCC(C)(C)CC1)S(=O)(=O)c1ccc(C(N)=S)s1. The van der Waals surface area contributed by atoms with Crippen molar-refractivity contribution in [2.75, 3.05) is 7.05 Å². The number of hydrogen-bond acceptors (Lipinski definition) is 4. The number of nitrogens with two attached hydrogens (primary N) is 1. The molecule has 0 spiro atoms. The number of sulfonamides is 1. The highest BCUT2D eigenvalue weighted by atomic mass is 32.2. The van der Waals surface area contributed by atoms with E-state index in [4.69, 9.17) is 18.0 Å². The second-order valence-corrected chi connectivity index (χ2v) is 10.1. The Hall–Kier alpha value is -0.500. The van der Waals surface area contributed by atoms with Gasteiger partial charge >= 0.3 is 0 Å². The van der Waals surface area contributed by atoms with E-state index < -0.39 is 10.0 Å². The van der Waals surface area contributed by atoms with Crippen LogP contribution in [0.15, 0.2) is 16.3 Å². The lowest BCUT2D eigenvalue weighted by molar-refractivity contribution is 0.174. The molecule has 0 amide bonds. The van der Waals surface area contributed by atoms with Crippen LogP contribution < -0.4 is 5.73 Å². The number of thiocarbonyl (C=S) groups is 1. The van der Waals surface area contributed by atoms with Gasteiger partial charge < -0.3 is 5.73 Å². The zero-order valence-electron chi connectivity index (χ0n) is 12.6. The van der Waals surface area contributed by atoms with Gasteiger partial charge in [-0.2, -0.15) is 4.31 Å². The van der Waals surface area contributed by atoms with E-state index >= 15 is 0 Å². The first kappa shape index (κ1) is 16.9. The maximum absolute atomic E-state index is 12.7. The predicted molar refractivity (Wildman–Crippen MR) is 91.2 cm³/mol. The molecule has 0 atom stereocenters. The van der Waals surface area contributed by atoms with Crippen molar-refractivity contribution < 1.29 is 8.42 Å². The van der Waals surface area contributed by atoms with Crippen LogP contribution in [0.4, 0.5) is 0 Å². The molecule has 0 unspecified atom stereocenters. The molecule has 1 saturated carbocycles. The van der Waals surface area contributed by atoms with Crippen LogP contribution in [0.2, 0.25) is 0 Å². The molecule has 0 saturated heterocycles. The van der Waals surface area contributed by atoms with Crippen molar-refractivity contribution in [3.05, 3.63) is 17.0 Å². The predicted octanol–water partition coefficient (Wildman–Crippen LogP) is 2.97. The van der Waals surface area contributed by atoms with Crippen LogP contribution in [-0.2, 0) is 10.0 Å². The molecule has 21 heavy (non-hydrogen) atoms. The first-order valence-corrected chi connectivity index (χ1v) is 9.68. The summed E-state index contributed by atoms with van der Waals surface area (Å²) < 4.78 is 27.2. The normalized spacial score (nSPS) is 19.8. The van der Waals surface area contributed by atoms with Crippen molar-refractivity contribution in [2.45, 2.75) is 49.8 Å². The molecule has 0 radical (unpaired) electrons. The van der Waals surface area contributed by atoms with Gasteiger partial charge in [0.2, 0.25) is 0 Å². The molecular weight excluding hydrogens is 324 g/mol. The molecule has 0 aliphatic heterocycles. The van der Waals surface area contributed by atoms with Gasteiger partial charge in [0, 0.05) is 13.1 Å². The third kappa shape index (κ3) is 3.64. The monoisotopic (exact) mass is 346 g/mol. The maximum atomic E-state index is 12.7. The summed E-state index contributed by atoms with van der Waals surface area (Å²) in [6.45, 7) is 4.48. The lowest BCUT2D eigenvalue weighted by atomic mass is 9.76. The summed E-state index contributed by atoms with van der Waals surface area (Å²) in [5, 5.41) is 0. The second-order valence-electron chi connectivity index (χ2n) is 6.40. The number of thiophene rings is 1. The Kier molecular flexibility index (Phi) is 4.78. The number of rotatable bonds is 4. The molecule has 2 rings (SSSR count). The van der Waals surface area contributed by atoms with E-state index in [0.29, 0.717) is 14.5 Å². The summed E-state index contributed by atoms with van der Waals surface area (Å²) >= 11 is 6.04. The summed E-state index contributed by atoms with van der Waals surface area (Å²) in [6, 6.07) is 3.36. The highest BCUT2D eigenvalue weighted by molar-refractivity contribution is 7.91. The molecule has 2 N–H and O–H groups in total. The molecular formula is C14H22N2O2S3. The highest BCUT2D eigenvalue weighted by Crippen LogP contribution is 2.38. The van der Waals surface area contributed by atoms with Crippen LogP contribution in [0.25, 0.3) is 0 Å². The average Bonchev–Trinajstić information content (AvgIpc) is 2.88. The molecule has 0 aromatic carbocycles. The topological polar surface area (TPSA) is 63.4 Å². The Morgan fingerprint density at radius 3 is 2.43 bits per heavy atom. The smallest absolute Gasteiger partial charge is 0.252 e. The van der Waals surface area contributed by atoms with Crippen LogP contribution in [0.3, 0.4) is 0 Å². The van der Waals surface area contributed by atoms with Crippen LogP contribution in [0, 0.1) is 5.41 Å². The van der Waals surface area contributed by atoms with Gasteiger partial charge in [0.25, 0.3) is 10.0 Å². The van der Waals surface area contributed by atoms with E-state index in [-0.39, 0.29) is 11.0 Å². The number of nitrogens with zero attached hydrogens (tertiary/aromatic N) is 1. The molecule has 1 aliphatic rings. The maximum Gasteiger partial charge on any atom is 0.252 e.